The standard InChI is InChI=1S/C14H15N3O/c1-9-13(14-10(7-15)8-16-18-14)11-5-3-4-6-12(11)17(9)2/h3-6,8H,7,15H2,1-2H3. The van der Waals surface area contributed by atoms with Crippen molar-refractivity contribution in [2.75, 3.05) is 0 Å². The van der Waals surface area contributed by atoms with Gasteiger partial charge in [0.1, 0.15) is 0 Å². The molecule has 0 amide bonds. The van der Waals surface area contributed by atoms with Crippen LogP contribution in [0.15, 0.2) is 35.0 Å². The molecule has 0 unspecified atom stereocenters. The molecule has 4 heteroatoms. The molecule has 2 heterocycles. The van der Waals surface area contributed by atoms with Gasteiger partial charge in [0, 0.05) is 41.3 Å². The maximum absolute atomic E-state index is 5.73. The van der Waals surface area contributed by atoms with E-state index >= 15 is 0 Å². The van der Waals surface area contributed by atoms with Crippen molar-refractivity contribution in [3.63, 3.8) is 0 Å². The zero-order valence-electron chi connectivity index (χ0n) is 10.5. The van der Waals surface area contributed by atoms with Gasteiger partial charge in [0.2, 0.25) is 0 Å². The smallest absolute Gasteiger partial charge is 0.173 e. The summed E-state index contributed by atoms with van der Waals surface area (Å²) in [5.74, 6) is 0.784. The van der Waals surface area contributed by atoms with E-state index < -0.39 is 0 Å². The molecule has 0 aliphatic heterocycles. The van der Waals surface area contributed by atoms with Gasteiger partial charge in [-0.1, -0.05) is 23.4 Å². The van der Waals surface area contributed by atoms with E-state index in [1.807, 2.05) is 12.1 Å². The van der Waals surface area contributed by atoms with Crippen LogP contribution in [0.25, 0.3) is 22.2 Å². The lowest BCUT2D eigenvalue weighted by atomic mass is 10.1. The van der Waals surface area contributed by atoms with Gasteiger partial charge < -0.3 is 14.8 Å². The van der Waals surface area contributed by atoms with E-state index in [0.29, 0.717) is 6.54 Å². The van der Waals surface area contributed by atoms with Gasteiger partial charge in [-0.05, 0) is 13.0 Å². The molecule has 0 radical (unpaired) electrons. The number of nitrogens with zero attached hydrogens (tertiary/aromatic N) is 2. The summed E-state index contributed by atoms with van der Waals surface area (Å²) in [6.45, 7) is 2.51. The van der Waals surface area contributed by atoms with Gasteiger partial charge >= 0.3 is 0 Å². The van der Waals surface area contributed by atoms with Crippen LogP contribution in [0.1, 0.15) is 11.3 Å². The molecule has 0 saturated carbocycles. The Balaban J connectivity index is 2.39. The molecule has 18 heavy (non-hydrogen) atoms. The third-order valence-electron chi connectivity index (χ3n) is 3.49. The molecular weight excluding hydrogens is 226 g/mol. The zero-order chi connectivity index (χ0) is 12.7. The predicted molar refractivity (Wildman–Crippen MR) is 71.0 cm³/mol. The second-order valence-electron chi connectivity index (χ2n) is 4.42. The molecule has 4 nitrogen and oxygen atoms in total. The Morgan fingerprint density at radius 1 is 1.33 bits per heavy atom. The topological polar surface area (TPSA) is 57.0 Å². The highest BCUT2D eigenvalue weighted by Crippen LogP contribution is 2.35. The van der Waals surface area contributed by atoms with Crippen molar-refractivity contribution in [1.29, 1.82) is 0 Å². The Kier molecular flexibility index (Phi) is 2.45. The Labute approximate surface area is 105 Å². The molecule has 2 N–H and O–H groups in total. The quantitative estimate of drug-likeness (QED) is 0.750. The van der Waals surface area contributed by atoms with Crippen LogP contribution < -0.4 is 5.73 Å². The summed E-state index contributed by atoms with van der Waals surface area (Å²) in [5, 5.41) is 5.03. The Morgan fingerprint density at radius 3 is 2.89 bits per heavy atom. The summed E-state index contributed by atoms with van der Waals surface area (Å²) in [6, 6.07) is 8.27. The molecule has 0 aliphatic carbocycles. The summed E-state index contributed by atoms with van der Waals surface area (Å²) in [4.78, 5) is 0. The second-order valence-corrected chi connectivity index (χ2v) is 4.42. The fourth-order valence-electron chi connectivity index (χ4n) is 2.42. The molecule has 1 aromatic carbocycles. The van der Waals surface area contributed by atoms with Crippen molar-refractivity contribution >= 4 is 10.9 Å². The first-order valence-electron chi connectivity index (χ1n) is 5.92. The average Bonchev–Trinajstić information content (AvgIpc) is 2.95. The molecule has 0 saturated heterocycles. The lowest BCUT2D eigenvalue weighted by Crippen LogP contribution is -1.97. The number of aryl methyl sites for hydroxylation is 1. The fourth-order valence-corrected chi connectivity index (χ4v) is 2.42. The van der Waals surface area contributed by atoms with Crippen molar-refractivity contribution in [1.82, 2.24) is 9.72 Å². The summed E-state index contributed by atoms with van der Waals surface area (Å²) in [7, 11) is 2.06. The Hall–Kier alpha value is -2.07. The second kappa shape index (κ2) is 3.99. The van der Waals surface area contributed by atoms with Crippen LogP contribution in [-0.4, -0.2) is 9.72 Å². The van der Waals surface area contributed by atoms with Crippen molar-refractivity contribution in [2.24, 2.45) is 12.8 Å². The first-order chi connectivity index (χ1) is 8.74. The molecular formula is C14H15N3O. The van der Waals surface area contributed by atoms with Crippen molar-refractivity contribution in [3.05, 3.63) is 41.7 Å². The normalized spacial score (nSPS) is 11.3. The monoisotopic (exact) mass is 241 g/mol. The molecule has 3 aromatic rings. The highest BCUT2D eigenvalue weighted by atomic mass is 16.5. The molecule has 0 fully saturated rings. The summed E-state index contributed by atoms with van der Waals surface area (Å²) in [6.07, 6.45) is 1.69. The highest BCUT2D eigenvalue weighted by Gasteiger charge is 2.19. The van der Waals surface area contributed by atoms with Crippen LogP contribution in [-0.2, 0) is 13.6 Å². The average molecular weight is 241 g/mol. The van der Waals surface area contributed by atoms with Gasteiger partial charge in [-0.25, -0.2) is 0 Å². The van der Waals surface area contributed by atoms with Crippen LogP contribution in [0.5, 0.6) is 0 Å². The van der Waals surface area contributed by atoms with Crippen LogP contribution in [0.2, 0.25) is 0 Å². The van der Waals surface area contributed by atoms with E-state index in [-0.39, 0.29) is 0 Å². The molecule has 3 rings (SSSR count). The lowest BCUT2D eigenvalue weighted by molar-refractivity contribution is 0.431. The zero-order valence-corrected chi connectivity index (χ0v) is 10.5. The first-order valence-corrected chi connectivity index (χ1v) is 5.92. The molecule has 2 aromatic heterocycles. The lowest BCUT2D eigenvalue weighted by Gasteiger charge is -2.00. The number of hydrogen-bond donors (Lipinski definition) is 1. The van der Waals surface area contributed by atoms with Gasteiger partial charge in [0.05, 0.1) is 6.20 Å². The molecule has 0 bridgehead atoms. The third kappa shape index (κ3) is 1.39. The van der Waals surface area contributed by atoms with E-state index in [2.05, 4.69) is 35.8 Å². The predicted octanol–water partition coefficient (Wildman–Crippen LogP) is 2.60. The number of hydrogen-bond acceptors (Lipinski definition) is 3. The largest absolute Gasteiger partial charge is 0.356 e. The van der Waals surface area contributed by atoms with Crippen molar-refractivity contribution in [3.8, 4) is 11.3 Å². The van der Waals surface area contributed by atoms with Crippen LogP contribution >= 0.6 is 0 Å². The van der Waals surface area contributed by atoms with Crippen LogP contribution in [0.3, 0.4) is 0 Å². The van der Waals surface area contributed by atoms with Gasteiger partial charge in [-0.15, -0.1) is 0 Å². The van der Waals surface area contributed by atoms with Gasteiger partial charge in [0.25, 0.3) is 0 Å². The number of para-hydroxylation sites is 1. The first kappa shape index (κ1) is 11.0. The Morgan fingerprint density at radius 2 is 2.11 bits per heavy atom. The number of fused-ring (bicyclic) bond motifs is 1. The fraction of sp³-hybridized carbons (Fsp3) is 0.214. The minimum absolute atomic E-state index is 0.432. The van der Waals surface area contributed by atoms with Gasteiger partial charge in [-0.2, -0.15) is 0 Å². The SMILES string of the molecule is Cc1c(-c2oncc2CN)c2ccccc2n1C. The van der Waals surface area contributed by atoms with Crippen LogP contribution in [0, 0.1) is 6.92 Å². The number of benzene rings is 1. The highest BCUT2D eigenvalue weighted by molar-refractivity contribution is 5.97. The minimum atomic E-state index is 0.432. The third-order valence-corrected chi connectivity index (χ3v) is 3.49. The van der Waals surface area contributed by atoms with Gasteiger partial charge in [-0.3, -0.25) is 0 Å². The molecule has 0 spiro atoms. The Bertz CT molecular complexity index is 709. The molecule has 92 valence electrons. The van der Waals surface area contributed by atoms with E-state index in [1.165, 1.54) is 10.9 Å². The van der Waals surface area contributed by atoms with E-state index in [9.17, 15) is 0 Å². The summed E-state index contributed by atoms with van der Waals surface area (Å²) in [5.41, 5.74) is 10.1. The van der Waals surface area contributed by atoms with E-state index in [1.54, 1.807) is 6.20 Å². The number of rotatable bonds is 2. The van der Waals surface area contributed by atoms with Crippen LogP contribution in [0.4, 0.5) is 0 Å². The summed E-state index contributed by atoms with van der Waals surface area (Å²) >= 11 is 0. The molecule has 0 aliphatic rings. The summed E-state index contributed by atoms with van der Waals surface area (Å²) < 4.78 is 7.56. The maximum Gasteiger partial charge on any atom is 0.173 e. The van der Waals surface area contributed by atoms with E-state index in [0.717, 1.165) is 22.6 Å². The van der Waals surface area contributed by atoms with Gasteiger partial charge in [0.15, 0.2) is 5.76 Å². The minimum Gasteiger partial charge on any atom is -0.356 e. The molecule has 0 atom stereocenters. The maximum atomic E-state index is 5.73. The van der Waals surface area contributed by atoms with E-state index in [4.69, 9.17) is 10.3 Å². The van der Waals surface area contributed by atoms with Crippen molar-refractivity contribution < 1.29 is 4.52 Å². The van der Waals surface area contributed by atoms with Crippen molar-refractivity contribution in [2.45, 2.75) is 13.5 Å². The number of aromatic nitrogens is 2. The number of nitrogens with two attached hydrogens (primary N) is 1.